The molecule has 0 aromatic heterocycles. The minimum Gasteiger partial charge on any atom is -0.357 e. The second-order valence-electron chi connectivity index (χ2n) is 5.34. The predicted molar refractivity (Wildman–Crippen MR) is 116 cm³/mol. The molecule has 0 bridgehead atoms. The van der Waals surface area contributed by atoms with Gasteiger partial charge in [-0.15, -0.1) is 24.0 Å². The number of halogens is 1. The zero-order chi connectivity index (χ0) is 17.3. The molecule has 0 fully saturated rings. The molecule has 0 aliphatic carbocycles. The van der Waals surface area contributed by atoms with Gasteiger partial charge in [0, 0.05) is 19.3 Å². The average molecular weight is 485 g/mol. The van der Waals surface area contributed by atoms with E-state index in [0.29, 0.717) is 11.4 Å². The van der Waals surface area contributed by atoms with Crippen LogP contribution in [0.4, 0.5) is 0 Å². The molecular formula is C16H28IN3O2S2. The lowest BCUT2D eigenvalue weighted by molar-refractivity contribution is 0.601. The molecule has 2 N–H and O–H groups in total. The van der Waals surface area contributed by atoms with E-state index in [0.717, 1.165) is 42.3 Å². The standard InChI is InChI=1S/C16H27N3O2S2.HI/c1-5-17-16(18-9-6-10-22-3)19-12-14-7-8-15(13(2)11-14)23(4,20)21;/h7-8,11H,5-6,9-10,12H2,1-4H3,(H2,17,18,19);1H. The van der Waals surface area contributed by atoms with Gasteiger partial charge in [0.05, 0.1) is 11.4 Å². The first-order valence-electron chi connectivity index (χ1n) is 7.69. The molecule has 1 rings (SSSR count). The zero-order valence-corrected chi connectivity index (χ0v) is 18.7. The third kappa shape index (κ3) is 8.57. The number of nitrogens with zero attached hydrogens (tertiary/aromatic N) is 1. The highest BCUT2D eigenvalue weighted by molar-refractivity contribution is 14.0. The molecule has 138 valence electrons. The van der Waals surface area contributed by atoms with Gasteiger partial charge in [-0.1, -0.05) is 12.1 Å². The molecule has 0 unspecified atom stereocenters. The summed E-state index contributed by atoms with van der Waals surface area (Å²) < 4.78 is 23.3. The molecule has 0 radical (unpaired) electrons. The summed E-state index contributed by atoms with van der Waals surface area (Å²) in [6, 6.07) is 5.37. The van der Waals surface area contributed by atoms with Crippen LogP contribution in [-0.2, 0) is 16.4 Å². The van der Waals surface area contributed by atoms with Crippen molar-refractivity contribution in [3.8, 4) is 0 Å². The number of benzene rings is 1. The maximum absolute atomic E-state index is 11.6. The number of aliphatic imine (C=N–C) groups is 1. The summed E-state index contributed by atoms with van der Waals surface area (Å²) in [5.74, 6) is 1.91. The van der Waals surface area contributed by atoms with Crippen LogP contribution in [0.2, 0.25) is 0 Å². The van der Waals surface area contributed by atoms with Crippen molar-refractivity contribution in [3.05, 3.63) is 29.3 Å². The van der Waals surface area contributed by atoms with Crippen LogP contribution < -0.4 is 10.6 Å². The van der Waals surface area contributed by atoms with Crippen LogP contribution >= 0.6 is 35.7 Å². The average Bonchev–Trinajstić information content (AvgIpc) is 2.47. The summed E-state index contributed by atoms with van der Waals surface area (Å²) in [7, 11) is -3.17. The molecule has 1 aromatic rings. The fourth-order valence-electron chi connectivity index (χ4n) is 2.16. The van der Waals surface area contributed by atoms with Gasteiger partial charge < -0.3 is 10.6 Å². The Morgan fingerprint density at radius 1 is 1.29 bits per heavy atom. The third-order valence-electron chi connectivity index (χ3n) is 3.22. The lowest BCUT2D eigenvalue weighted by atomic mass is 10.1. The number of rotatable bonds is 8. The minimum absolute atomic E-state index is 0. The Morgan fingerprint density at radius 3 is 2.54 bits per heavy atom. The Bertz CT molecular complexity index is 634. The fourth-order valence-corrected chi connectivity index (χ4v) is 3.55. The number of thioether (sulfide) groups is 1. The summed E-state index contributed by atoms with van der Waals surface area (Å²) in [6.07, 6.45) is 4.42. The molecule has 0 saturated heterocycles. The Hall–Kier alpha value is -0.480. The van der Waals surface area contributed by atoms with Gasteiger partial charge in [0.15, 0.2) is 15.8 Å². The van der Waals surface area contributed by atoms with Gasteiger partial charge in [0.1, 0.15) is 0 Å². The number of sulfone groups is 1. The van der Waals surface area contributed by atoms with E-state index >= 15 is 0 Å². The number of aryl methyl sites for hydroxylation is 1. The maximum atomic E-state index is 11.6. The molecule has 24 heavy (non-hydrogen) atoms. The summed E-state index contributed by atoms with van der Waals surface area (Å²) in [4.78, 5) is 4.93. The molecule has 5 nitrogen and oxygen atoms in total. The third-order valence-corrected chi connectivity index (χ3v) is 5.17. The molecule has 0 aliphatic heterocycles. The summed E-state index contributed by atoms with van der Waals surface area (Å²) in [5.41, 5.74) is 1.76. The Balaban J connectivity index is 0.00000529. The number of nitrogens with one attached hydrogen (secondary N) is 2. The molecule has 0 heterocycles. The topological polar surface area (TPSA) is 70.6 Å². The van der Waals surface area contributed by atoms with Gasteiger partial charge in [0.2, 0.25) is 0 Å². The quantitative estimate of drug-likeness (QED) is 0.257. The van der Waals surface area contributed by atoms with Crippen LogP contribution in [0.25, 0.3) is 0 Å². The van der Waals surface area contributed by atoms with Crippen molar-refractivity contribution in [1.82, 2.24) is 10.6 Å². The van der Waals surface area contributed by atoms with Crippen molar-refractivity contribution < 1.29 is 8.42 Å². The highest BCUT2D eigenvalue weighted by Gasteiger charge is 2.10. The summed E-state index contributed by atoms with van der Waals surface area (Å²) in [5, 5.41) is 6.52. The highest BCUT2D eigenvalue weighted by Crippen LogP contribution is 2.17. The Labute approximate surface area is 167 Å². The fraction of sp³-hybridized carbons (Fsp3) is 0.562. The molecule has 0 aliphatic rings. The van der Waals surface area contributed by atoms with Gasteiger partial charge >= 0.3 is 0 Å². The van der Waals surface area contributed by atoms with Crippen LogP contribution in [0.15, 0.2) is 28.1 Å². The zero-order valence-electron chi connectivity index (χ0n) is 14.8. The van der Waals surface area contributed by atoms with Crippen molar-refractivity contribution in [2.45, 2.75) is 31.7 Å². The van der Waals surface area contributed by atoms with E-state index in [1.807, 2.05) is 37.7 Å². The monoisotopic (exact) mass is 485 g/mol. The Morgan fingerprint density at radius 2 is 2.00 bits per heavy atom. The first-order valence-corrected chi connectivity index (χ1v) is 11.0. The number of hydrogen-bond donors (Lipinski definition) is 2. The molecule has 0 amide bonds. The van der Waals surface area contributed by atoms with Gasteiger partial charge in [-0.25, -0.2) is 13.4 Å². The van der Waals surface area contributed by atoms with Crippen molar-refractivity contribution in [2.24, 2.45) is 4.99 Å². The van der Waals surface area contributed by atoms with Crippen LogP contribution in [-0.4, -0.2) is 45.7 Å². The Kier molecular flexibility index (Phi) is 11.7. The van der Waals surface area contributed by atoms with Crippen molar-refractivity contribution >= 4 is 51.5 Å². The maximum Gasteiger partial charge on any atom is 0.191 e. The van der Waals surface area contributed by atoms with Gasteiger partial charge in [0.25, 0.3) is 0 Å². The van der Waals surface area contributed by atoms with Crippen molar-refractivity contribution in [3.63, 3.8) is 0 Å². The largest absolute Gasteiger partial charge is 0.357 e. The van der Waals surface area contributed by atoms with E-state index in [1.165, 1.54) is 6.26 Å². The lowest BCUT2D eigenvalue weighted by Gasteiger charge is -2.11. The lowest BCUT2D eigenvalue weighted by Crippen LogP contribution is -2.37. The first-order chi connectivity index (χ1) is 10.9. The van der Waals surface area contributed by atoms with Crippen LogP contribution in [0, 0.1) is 6.92 Å². The molecule has 8 heteroatoms. The van der Waals surface area contributed by atoms with Gasteiger partial charge in [-0.05, 0) is 49.5 Å². The van der Waals surface area contributed by atoms with E-state index in [9.17, 15) is 8.42 Å². The predicted octanol–water partition coefficient (Wildman–Crippen LogP) is 2.82. The second kappa shape index (κ2) is 12.0. The van der Waals surface area contributed by atoms with Gasteiger partial charge in [-0.2, -0.15) is 11.8 Å². The van der Waals surface area contributed by atoms with Gasteiger partial charge in [-0.3, -0.25) is 0 Å². The molecule has 0 atom stereocenters. The number of hydrogen-bond acceptors (Lipinski definition) is 4. The van der Waals surface area contributed by atoms with Crippen LogP contribution in [0.3, 0.4) is 0 Å². The van der Waals surface area contributed by atoms with E-state index in [4.69, 9.17) is 0 Å². The van der Waals surface area contributed by atoms with Crippen LogP contribution in [0.5, 0.6) is 0 Å². The van der Waals surface area contributed by atoms with E-state index in [1.54, 1.807) is 6.07 Å². The molecule has 0 spiro atoms. The SMILES string of the molecule is CCNC(=NCc1ccc(S(C)(=O)=O)c(C)c1)NCCCSC.I. The second-order valence-corrected chi connectivity index (χ2v) is 8.31. The van der Waals surface area contributed by atoms with E-state index < -0.39 is 9.84 Å². The van der Waals surface area contributed by atoms with E-state index in [2.05, 4.69) is 21.9 Å². The first kappa shape index (κ1) is 23.5. The van der Waals surface area contributed by atoms with E-state index in [-0.39, 0.29) is 24.0 Å². The molecule has 0 saturated carbocycles. The summed E-state index contributed by atoms with van der Waals surface area (Å²) >= 11 is 1.83. The minimum atomic E-state index is -3.17. The smallest absolute Gasteiger partial charge is 0.191 e. The normalized spacial score (nSPS) is 11.8. The molecule has 1 aromatic carbocycles. The van der Waals surface area contributed by atoms with Crippen LogP contribution in [0.1, 0.15) is 24.5 Å². The molecular weight excluding hydrogens is 457 g/mol. The van der Waals surface area contributed by atoms with Crippen molar-refractivity contribution in [1.29, 1.82) is 0 Å². The highest BCUT2D eigenvalue weighted by atomic mass is 127. The van der Waals surface area contributed by atoms with Crippen molar-refractivity contribution in [2.75, 3.05) is 31.4 Å². The number of guanidine groups is 1. The summed E-state index contributed by atoms with van der Waals surface area (Å²) in [6.45, 7) is 6.06.